The van der Waals surface area contributed by atoms with E-state index in [2.05, 4.69) is 5.32 Å². The number of nitrogens with zero attached hydrogens (tertiary/aromatic N) is 1. The first-order valence-electron chi connectivity index (χ1n) is 9.41. The predicted octanol–water partition coefficient (Wildman–Crippen LogP) is 3.01. The number of anilines is 1. The highest BCUT2D eigenvalue weighted by atomic mass is 32.1. The fourth-order valence-electron chi connectivity index (χ4n) is 3.79. The molecule has 1 aliphatic carbocycles. The van der Waals surface area contributed by atoms with Crippen LogP contribution in [-0.2, 0) is 29.4 Å². The molecule has 0 fully saturated rings. The van der Waals surface area contributed by atoms with E-state index in [-0.39, 0.29) is 0 Å². The first-order valence-corrected chi connectivity index (χ1v) is 10.2. The number of para-hydroxylation sites is 1. The molecule has 0 atom stereocenters. The van der Waals surface area contributed by atoms with Crippen molar-refractivity contribution in [2.24, 2.45) is 12.8 Å². The summed E-state index contributed by atoms with van der Waals surface area (Å²) in [5.41, 5.74) is 8.17. The lowest BCUT2D eigenvalue weighted by molar-refractivity contribution is -0.119. The number of carbonyl (C=O) groups is 3. The molecule has 7 nitrogen and oxygen atoms in total. The van der Waals surface area contributed by atoms with Crippen molar-refractivity contribution in [2.75, 3.05) is 11.9 Å². The van der Waals surface area contributed by atoms with E-state index in [0.717, 1.165) is 47.0 Å². The number of aromatic nitrogens is 1. The van der Waals surface area contributed by atoms with Gasteiger partial charge in [-0.2, -0.15) is 0 Å². The van der Waals surface area contributed by atoms with Gasteiger partial charge < -0.3 is 20.4 Å². The molecule has 0 radical (unpaired) electrons. The summed E-state index contributed by atoms with van der Waals surface area (Å²) in [6.45, 7) is -0.442. The first kappa shape index (κ1) is 19.2. The third-order valence-electron chi connectivity index (χ3n) is 5.12. The number of primary amides is 1. The quantitative estimate of drug-likeness (QED) is 0.630. The van der Waals surface area contributed by atoms with Crippen LogP contribution in [0.1, 0.15) is 44.0 Å². The molecule has 0 saturated heterocycles. The number of rotatable bonds is 5. The lowest BCUT2D eigenvalue weighted by Crippen LogP contribution is -2.22. The Morgan fingerprint density at radius 2 is 1.97 bits per heavy atom. The molecule has 2 amide bonds. The van der Waals surface area contributed by atoms with Crippen LogP contribution in [0, 0.1) is 0 Å². The van der Waals surface area contributed by atoms with Crippen LogP contribution < -0.4 is 11.1 Å². The molecular weight excluding hydrogens is 390 g/mol. The molecule has 0 unspecified atom stereocenters. The molecule has 0 bridgehead atoms. The highest BCUT2D eigenvalue weighted by Crippen LogP contribution is 2.37. The zero-order chi connectivity index (χ0) is 20.5. The fourth-order valence-corrected chi connectivity index (χ4v) is 5.10. The number of ether oxygens (including phenoxy) is 1. The average Bonchev–Trinajstić information content (AvgIpc) is 3.24. The van der Waals surface area contributed by atoms with Crippen LogP contribution in [0.25, 0.3) is 10.9 Å². The Labute approximate surface area is 171 Å². The van der Waals surface area contributed by atoms with E-state index in [1.54, 1.807) is 6.20 Å². The number of aryl methyl sites for hydroxylation is 2. The molecule has 1 aliphatic rings. The Kier molecular flexibility index (Phi) is 5.10. The van der Waals surface area contributed by atoms with Crippen molar-refractivity contribution in [3.05, 3.63) is 52.0 Å². The van der Waals surface area contributed by atoms with E-state index >= 15 is 0 Å². The minimum absolute atomic E-state index is 0.387. The zero-order valence-corrected chi connectivity index (χ0v) is 16.8. The maximum atomic E-state index is 12.5. The molecular formula is C21H21N3O4S. The van der Waals surface area contributed by atoms with Crippen LogP contribution in [0.5, 0.6) is 0 Å². The van der Waals surface area contributed by atoms with Crippen LogP contribution in [0.15, 0.2) is 30.5 Å². The van der Waals surface area contributed by atoms with E-state index in [4.69, 9.17) is 10.5 Å². The van der Waals surface area contributed by atoms with Gasteiger partial charge in [-0.3, -0.25) is 9.59 Å². The van der Waals surface area contributed by atoms with Crippen molar-refractivity contribution >= 4 is 45.0 Å². The molecule has 4 rings (SSSR count). The van der Waals surface area contributed by atoms with Crippen LogP contribution in [-0.4, -0.2) is 29.0 Å². The van der Waals surface area contributed by atoms with Crippen molar-refractivity contribution in [1.82, 2.24) is 4.57 Å². The second kappa shape index (κ2) is 7.71. The first-order chi connectivity index (χ1) is 14.0. The maximum Gasteiger partial charge on any atom is 0.340 e. The van der Waals surface area contributed by atoms with Gasteiger partial charge in [-0.15, -0.1) is 11.3 Å². The van der Waals surface area contributed by atoms with Gasteiger partial charge in [-0.25, -0.2) is 4.79 Å². The summed E-state index contributed by atoms with van der Waals surface area (Å²) in [4.78, 5) is 37.8. The van der Waals surface area contributed by atoms with E-state index < -0.39 is 24.4 Å². The lowest BCUT2D eigenvalue weighted by atomic mass is 9.95. The molecule has 0 aliphatic heterocycles. The number of amides is 2. The van der Waals surface area contributed by atoms with Crippen LogP contribution in [0.3, 0.4) is 0 Å². The van der Waals surface area contributed by atoms with Crippen molar-refractivity contribution in [1.29, 1.82) is 0 Å². The summed E-state index contributed by atoms with van der Waals surface area (Å²) in [5, 5.41) is 3.90. The molecule has 0 spiro atoms. The molecule has 8 heteroatoms. The fraction of sp³-hybridized carbons (Fsp3) is 0.286. The Morgan fingerprint density at radius 3 is 2.76 bits per heavy atom. The van der Waals surface area contributed by atoms with Gasteiger partial charge in [0, 0.05) is 29.0 Å². The van der Waals surface area contributed by atoms with E-state index in [0.29, 0.717) is 16.1 Å². The Hall–Kier alpha value is -3.13. The SMILES string of the molecule is Cn1cc(C(=O)OCC(=O)Nc2sc3c(c2C(N)=O)CCCC3)c2ccccc21. The second-order valence-corrected chi connectivity index (χ2v) is 8.18. The van der Waals surface area contributed by atoms with Crippen LogP contribution >= 0.6 is 11.3 Å². The third-order valence-corrected chi connectivity index (χ3v) is 6.33. The number of hydrogen-bond acceptors (Lipinski definition) is 5. The Balaban J connectivity index is 1.46. The van der Waals surface area contributed by atoms with Gasteiger partial charge in [-0.05, 0) is 37.3 Å². The number of fused-ring (bicyclic) bond motifs is 2. The van der Waals surface area contributed by atoms with Crippen LogP contribution in [0.4, 0.5) is 5.00 Å². The van der Waals surface area contributed by atoms with Gasteiger partial charge >= 0.3 is 5.97 Å². The number of nitrogens with two attached hydrogens (primary N) is 1. The number of esters is 1. The van der Waals surface area contributed by atoms with Gasteiger partial charge in [0.05, 0.1) is 11.1 Å². The Morgan fingerprint density at radius 1 is 1.21 bits per heavy atom. The minimum Gasteiger partial charge on any atom is -0.452 e. The molecule has 3 N–H and O–H groups in total. The number of thiophene rings is 1. The molecule has 150 valence electrons. The van der Waals surface area contributed by atoms with Gasteiger partial charge in [0.1, 0.15) is 5.00 Å². The minimum atomic E-state index is -0.572. The summed E-state index contributed by atoms with van der Waals surface area (Å²) in [6.07, 6.45) is 5.41. The van der Waals surface area contributed by atoms with Crippen molar-refractivity contribution < 1.29 is 19.1 Å². The average molecular weight is 411 g/mol. The monoisotopic (exact) mass is 411 g/mol. The number of carbonyl (C=O) groups excluding carboxylic acids is 3. The number of nitrogens with one attached hydrogen (secondary N) is 1. The molecule has 2 heterocycles. The third kappa shape index (κ3) is 3.63. The van der Waals surface area contributed by atoms with Gasteiger partial charge in [-0.1, -0.05) is 18.2 Å². The van der Waals surface area contributed by atoms with Gasteiger partial charge in [0.2, 0.25) is 0 Å². The van der Waals surface area contributed by atoms with Crippen molar-refractivity contribution in [3.63, 3.8) is 0 Å². The number of hydrogen-bond donors (Lipinski definition) is 2. The summed E-state index contributed by atoms with van der Waals surface area (Å²) in [5.74, 6) is -1.62. The standard InChI is InChI=1S/C21H21N3O4S/c1-24-10-14(12-6-2-4-8-15(12)24)21(27)28-11-17(25)23-20-18(19(22)26)13-7-3-5-9-16(13)29-20/h2,4,6,8,10H,3,5,7,9,11H2,1H3,(H2,22,26)(H,23,25). The van der Waals surface area contributed by atoms with Gasteiger partial charge in [0.15, 0.2) is 6.61 Å². The topological polar surface area (TPSA) is 103 Å². The van der Waals surface area contributed by atoms with E-state index in [1.807, 2.05) is 35.9 Å². The largest absolute Gasteiger partial charge is 0.452 e. The van der Waals surface area contributed by atoms with E-state index in [1.165, 1.54) is 11.3 Å². The number of benzene rings is 1. The predicted molar refractivity (Wildman–Crippen MR) is 111 cm³/mol. The van der Waals surface area contributed by atoms with Crippen molar-refractivity contribution in [3.8, 4) is 0 Å². The molecule has 29 heavy (non-hydrogen) atoms. The highest BCUT2D eigenvalue weighted by Gasteiger charge is 2.25. The highest BCUT2D eigenvalue weighted by molar-refractivity contribution is 7.17. The van der Waals surface area contributed by atoms with Crippen molar-refractivity contribution in [2.45, 2.75) is 25.7 Å². The van der Waals surface area contributed by atoms with Crippen LogP contribution in [0.2, 0.25) is 0 Å². The lowest BCUT2D eigenvalue weighted by Gasteiger charge is -2.11. The second-order valence-electron chi connectivity index (χ2n) is 7.07. The Bertz CT molecular complexity index is 1130. The van der Waals surface area contributed by atoms with E-state index in [9.17, 15) is 14.4 Å². The summed E-state index contributed by atoms with van der Waals surface area (Å²) < 4.78 is 7.04. The maximum absolute atomic E-state index is 12.5. The summed E-state index contributed by atoms with van der Waals surface area (Å²) in [7, 11) is 1.84. The molecule has 0 saturated carbocycles. The molecule has 3 aromatic rings. The molecule has 2 aromatic heterocycles. The smallest absolute Gasteiger partial charge is 0.340 e. The summed E-state index contributed by atoms with van der Waals surface area (Å²) >= 11 is 1.38. The van der Waals surface area contributed by atoms with Gasteiger partial charge in [0.25, 0.3) is 11.8 Å². The molecule has 1 aromatic carbocycles. The normalized spacial score (nSPS) is 13.1. The zero-order valence-electron chi connectivity index (χ0n) is 16.0. The summed E-state index contributed by atoms with van der Waals surface area (Å²) in [6, 6.07) is 7.47.